The third-order valence-corrected chi connectivity index (χ3v) is 2.06. The van der Waals surface area contributed by atoms with Crippen LogP contribution in [0.2, 0.25) is 0 Å². The first-order valence-electron chi connectivity index (χ1n) is 3.72. The van der Waals surface area contributed by atoms with E-state index in [4.69, 9.17) is 23.2 Å². The highest BCUT2D eigenvalue weighted by Crippen LogP contribution is 2.16. The Morgan fingerprint density at radius 2 is 1.69 bits per heavy atom. The predicted molar refractivity (Wildman–Crippen MR) is 46.2 cm³/mol. The van der Waals surface area contributed by atoms with Crippen LogP contribution in [0.4, 0.5) is 0 Å². The molecule has 0 aromatic rings. The van der Waals surface area contributed by atoms with Crippen molar-refractivity contribution in [3.8, 4) is 0 Å². The van der Waals surface area contributed by atoms with Crippen LogP contribution in [0.1, 0.15) is 19.3 Å². The van der Waals surface area contributed by atoms with Gasteiger partial charge in [-0.1, -0.05) is 23.2 Å². The molecule has 0 spiro atoms. The van der Waals surface area contributed by atoms with Crippen LogP contribution in [-0.2, 0) is 14.4 Å². The lowest BCUT2D eigenvalue weighted by molar-refractivity contribution is -0.155. The molecule has 0 saturated carbocycles. The van der Waals surface area contributed by atoms with Gasteiger partial charge in [0.15, 0.2) is 4.84 Å². The van der Waals surface area contributed by atoms with Gasteiger partial charge in [0.25, 0.3) is 5.91 Å². The molecule has 4 nitrogen and oxygen atoms in total. The molecular weight excluding hydrogens is 217 g/mol. The summed E-state index contributed by atoms with van der Waals surface area (Å²) in [6, 6.07) is 0. The van der Waals surface area contributed by atoms with Gasteiger partial charge < -0.3 is 0 Å². The molecule has 3 amide bonds. The number of rotatable bonds is 1. The van der Waals surface area contributed by atoms with Gasteiger partial charge in [-0.2, -0.15) is 0 Å². The number of imide groups is 3. The van der Waals surface area contributed by atoms with Gasteiger partial charge in [-0.3, -0.25) is 14.4 Å². The normalized spacial score (nSPS) is 18.2. The summed E-state index contributed by atoms with van der Waals surface area (Å²) in [5.74, 6) is -1.89. The Labute approximate surface area is 84.8 Å². The first kappa shape index (κ1) is 10.5. The Morgan fingerprint density at radius 1 is 1.23 bits per heavy atom. The van der Waals surface area contributed by atoms with E-state index < -0.39 is 22.6 Å². The van der Waals surface area contributed by atoms with Crippen LogP contribution in [0.15, 0.2) is 0 Å². The molecule has 1 saturated heterocycles. The standard InChI is InChI=1S/C7H7Cl2NO3/c8-6(9)7(13)10-4(11)2-1-3-5(10)12/h6H,1-3H2. The van der Waals surface area contributed by atoms with Crippen molar-refractivity contribution in [3.05, 3.63) is 0 Å². The Balaban J connectivity index is 2.80. The van der Waals surface area contributed by atoms with Crippen molar-refractivity contribution in [3.63, 3.8) is 0 Å². The largest absolute Gasteiger partial charge is 0.274 e. The second-order valence-electron chi connectivity index (χ2n) is 2.62. The summed E-state index contributed by atoms with van der Waals surface area (Å²) in [6.07, 6.45) is 0.868. The van der Waals surface area contributed by atoms with Gasteiger partial charge in [0, 0.05) is 12.8 Å². The number of halogens is 2. The molecule has 1 rings (SSSR count). The molecule has 0 aromatic heterocycles. The van der Waals surface area contributed by atoms with Crippen molar-refractivity contribution in [2.45, 2.75) is 24.1 Å². The summed E-state index contributed by atoms with van der Waals surface area (Å²) >= 11 is 10.5. The minimum Gasteiger partial charge on any atom is -0.274 e. The maximum absolute atomic E-state index is 11.1. The van der Waals surface area contributed by atoms with Gasteiger partial charge in [-0.25, -0.2) is 4.90 Å². The number of piperidine rings is 1. The molecule has 1 heterocycles. The molecule has 0 radical (unpaired) electrons. The maximum atomic E-state index is 11.1. The lowest BCUT2D eigenvalue weighted by atomic mass is 10.1. The molecule has 13 heavy (non-hydrogen) atoms. The fourth-order valence-corrected chi connectivity index (χ4v) is 1.29. The second kappa shape index (κ2) is 4.07. The predicted octanol–water partition coefficient (Wildman–Crippen LogP) is 0.856. The molecule has 1 aliphatic rings. The van der Waals surface area contributed by atoms with E-state index in [0.717, 1.165) is 0 Å². The third-order valence-electron chi connectivity index (χ3n) is 1.69. The highest BCUT2D eigenvalue weighted by Gasteiger charge is 2.34. The van der Waals surface area contributed by atoms with Crippen LogP contribution in [0, 0.1) is 0 Å². The average molecular weight is 224 g/mol. The monoisotopic (exact) mass is 223 g/mol. The molecule has 72 valence electrons. The maximum Gasteiger partial charge on any atom is 0.269 e. The Hall–Kier alpha value is -0.610. The number of nitrogens with zero attached hydrogens (tertiary/aromatic N) is 1. The summed E-state index contributed by atoms with van der Waals surface area (Å²) in [6.45, 7) is 0. The molecule has 0 unspecified atom stereocenters. The van der Waals surface area contributed by atoms with Gasteiger partial charge in [-0.05, 0) is 6.42 Å². The van der Waals surface area contributed by atoms with Crippen molar-refractivity contribution in [1.82, 2.24) is 4.90 Å². The number of alkyl halides is 2. The van der Waals surface area contributed by atoms with Crippen LogP contribution < -0.4 is 0 Å². The minimum atomic E-state index is -1.36. The van der Waals surface area contributed by atoms with E-state index in [0.29, 0.717) is 11.3 Å². The molecule has 1 aliphatic heterocycles. The highest BCUT2D eigenvalue weighted by molar-refractivity contribution is 6.54. The van der Waals surface area contributed by atoms with E-state index >= 15 is 0 Å². The van der Waals surface area contributed by atoms with Crippen LogP contribution in [0.3, 0.4) is 0 Å². The topological polar surface area (TPSA) is 54.5 Å². The SMILES string of the molecule is O=C1CCCC(=O)N1C(=O)C(Cl)Cl. The zero-order valence-corrected chi connectivity index (χ0v) is 8.14. The Bertz CT molecular complexity index is 248. The van der Waals surface area contributed by atoms with Crippen LogP contribution in [-0.4, -0.2) is 27.5 Å². The Kier molecular flexibility index (Phi) is 3.27. The van der Waals surface area contributed by atoms with Crippen LogP contribution in [0.25, 0.3) is 0 Å². The van der Waals surface area contributed by atoms with E-state index in [-0.39, 0.29) is 12.8 Å². The van der Waals surface area contributed by atoms with Gasteiger partial charge in [0.1, 0.15) is 0 Å². The van der Waals surface area contributed by atoms with E-state index in [1.807, 2.05) is 0 Å². The third kappa shape index (κ3) is 2.19. The second-order valence-corrected chi connectivity index (χ2v) is 3.71. The smallest absolute Gasteiger partial charge is 0.269 e. The molecule has 0 N–H and O–H groups in total. The number of hydrogen-bond acceptors (Lipinski definition) is 3. The number of hydrogen-bond donors (Lipinski definition) is 0. The zero-order valence-electron chi connectivity index (χ0n) is 6.63. The first-order valence-corrected chi connectivity index (χ1v) is 4.59. The number of likely N-dealkylation sites (tertiary alicyclic amines) is 1. The molecule has 6 heteroatoms. The first-order chi connectivity index (χ1) is 6.04. The minimum absolute atomic E-state index is 0.192. The summed E-state index contributed by atoms with van der Waals surface area (Å²) in [5.41, 5.74) is 0. The fourth-order valence-electron chi connectivity index (χ4n) is 1.10. The molecule has 0 atom stereocenters. The van der Waals surface area contributed by atoms with E-state index in [9.17, 15) is 14.4 Å². The van der Waals surface area contributed by atoms with Gasteiger partial charge >= 0.3 is 0 Å². The molecule has 0 aliphatic carbocycles. The molecule has 0 aromatic carbocycles. The van der Waals surface area contributed by atoms with Crippen molar-refractivity contribution < 1.29 is 14.4 Å². The summed E-state index contributed by atoms with van der Waals surface area (Å²) < 4.78 is 0. The van der Waals surface area contributed by atoms with Gasteiger partial charge in [0.05, 0.1) is 0 Å². The lowest BCUT2D eigenvalue weighted by Crippen LogP contribution is -2.46. The van der Waals surface area contributed by atoms with E-state index in [1.165, 1.54) is 0 Å². The number of amides is 3. The van der Waals surface area contributed by atoms with E-state index in [2.05, 4.69) is 0 Å². The molecular formula is C7H7Cl2NO3. The fraction of sp³-hybridized carbons (Fsp3) is 0.571. The van der Waals surface area contributed by atoms with Gasteiger partial charge in [-0.15, -0.1) is 0 Å². The Morgan fingerprint density at radius 3 is 2.08 bits per heavy atom. The van der Waals surface area contributed by atoms with Crippen molar-refractivity contribution in [2.75, 3.05) is 0 Å². The van der Waals surface area contributed by atoms with Crippen LogP contribution in [0.5, 0.6) is 0 Å². The summed E-state index contributed by atoms with van der Waals surface area (Å²) in [4.78, 5) is 32.6. The number of carbonyl (C=O) groups excluding carboxylic acids is 3. The molecule has 0 bridgehead atoms. The number of carbonyl (C=O) groups is 3. The molecule has 1 fully saturated rings. The van der Waals surface area contributed by atoms with Crippen molar-refractivity contribution in [1.29, 1.82) is 0 Å². The quantitative estimate of drug-likeness (QED) is 0.490. The van der Waals surface area contributed by atoms with Gasteiger partial charge in [0.2, 0.25) is 11.8 Å². The zero-order chi connectivity index (χ0) is 10.0. The van der Waals surface area contributed by atoms with E-state index in [1.54, 1.807) is 0 Å². The lowest BCUT2D eigenvalue weighted by Gasteiger charge is -2.23. The van der Waals surface area contributed by atoms with Crippen molar-refractivity contribution >= 4 is 40.9 Å². The van der Waals surface area contributed by atoms with Crippen LogP contribution >= 0.6 is 23.2 Å². The highest BCUT2D eigenvalue weighted by atomic mass is 35.5. The summed E-state index contributed by atoms with van der Waals surface area (Å²) in [5, 5.41) is 0. The summed E-state index contributed by atoms with van der Waals surface area (Å²) in [7, 11) is 0. The van der Waals surface area contributed by atoms with Crippen molar-refractivity contribution in [2.24, 2.45) is 0 Å². The average Bonchev–Trinajstić information content (AvgIpc) is 2.03.